The molecule has 92 valence electrons. The average molecular weight is 226 g/mol. The molecule has 0 radical (unpaired) electrons. The van der Waals surface area contributed by atoms with E-state index in [-0.39, 0.29) is 18.0 Å². The van der Waals surface area contributed by atoms with Crippen LogP contribution in [0.4, 0.5) is 0 Å². The summed E-state index contributed by atoms with van der Waals surface area (Å²) in [5, 5.41) is 10.1. The van der Waals surface area contributed by atoms with Gasteiger partial charge in [0.25, 0.3) is 0 Å². The summed E-state index contributed by atoms with van der Waals surface area (Å²) in [4.78, 5) is 10.9. The fourth-order valence-electron chi connectivity index (χ4n) is 2.32. The van der Waals surface area contributed by atoms with Gasteiger partial charge >= 0.3 is 5.97 Å². The fourth-order valence-corrected chi connectivity index (χ4v) is 2.32. The number of carbonyl (C=O) groups is 1. The zero-order valence-electron chi connectivity index (χ0n) is 10.2. The maximum absolute atomic E-state index is 10.9. The SMILES string of the molecule is COC(=O)/C=C/[C@@H](C)[C@H](O)C1CCCCC1. The zero-order chi connectivity index (χ0) is 12.0. The van der Waals surface area contributed by atoms with Crippen LogP contribution < -0.4 is 0 Å². The van der Waals surface area contributed by atoms with Crippen LogP contribution in [-0.2, 0) is 9.53 Å². The molecule has 0 aliphatic heterocycles. The van der Waals surface area contributed by atoms with Crippen molar-refractivity contribution >= 4 is 5.97 Å². The highest BCUT2D eigenvalue weighted by atomic mass is 16.5. The molecular weight excluding hydrogens is 204 g/mol. The number of rotatable bonds is 4. The van der Waals surface area contributed by atoms with Crippen molar-refractivity contribution in [2.75, 3.05) is 7.11 Å². The van der Waals surface area contributed by atoms with Crippen LogP contribution in [0.25, 0.3) is 0 Å². The third kappa shape index (κ3) is 3.97. The first-order chi connectivity index (χ1) is 7.65. The van der Waals surface area contributed by atoms with Gasteiger partial charge in [0, 0.05) is 12.0 Å². The number of aliphatic hydroxyl groups excluding tert-OH is 1. The molecule has 1 aliphatic carbocycles. The minimum atomic E-state index is -0.359. The van der Waals surface area contributed by atoms with Crippen LogP contribution in [0.15, 0.2) is 12.2 Å². The van der Waals surface area contributed by atoms with Gasteiger partial charge in [-0.3, -0.25) is 0 Å². The molecule has 1 rings (SSSR count). The first-order valence-electron chi connectivity index (χ1n) is 6.09. The molecule has 1 fully saturated rings. The molecule has 0 spiro atoms. The predicted molar refractivity (Wildman–Crippen MR) is 62.9 cm³/mol. The third-order valence-electron chi connectivity index (χ3n) is 3.41. The highest BCUT2D eigenvalue weighted by molar-refractivity contribution is 5.81. The minimum Gasteiger partial charge on any atom is -0.466 e. The third-order valence-corrected chi connectivity index (χ3v) is 3.41. The lowest BCUT2D eigenvalue weighted by Gasteiger charge is -2.29. The lowest BCUT2D eigenvalue weighted by Crippen LogP contribution is -2.28. The van der Waals surface area contributed by atoms with Gasteiger partial charge in [-0.15, -0.1) is 0 Å². The Hall–Kier alpha value is -0.830. The molecule has 3 nitrogen and oxygen atoms in total. The summed E-state index contributed by atoms with van der Waals surface area (Å²) in [7, 11) is 1.36. The first kappa shape index (κ1) is 13.2. The van der Waals surface area contributed by atoms with E-state index in [1.165, 1.54) is 32.4 Å². The molecule has 3 heteroatoms. The Labute approximate surface area is 97.5 Å². The van der Waals surface area contributed by atoms with Crippen LogP contribution >= 0.6 is 0 Å². The average Bonchev–Trinajstić information content (AvgIpc) is 2.35. The lowest BCUT2D eigenvalue weighted by molar-refractivity contribution is -0.134. The van der Waals surface area contributed by atoms with Crippen LogP contribution in [-0.4, -0.2) is 24.3 Å². The highest BCUT2D eigenvalue weighted by Crippen LogP contribution is 2.29. The van der Waals surface area contributed by atoms with E-state index in [0.717, 1.165) is 12.8 Å². The van der Waals surface area contributed by atoms with Gasteiger partial charge in [0.15, 0.2) is 0 Å². The Morgan fingerprint density at radius 1 is 1.38 bits per heavy atom. The summed E-state index contributed by atoms with van der Waals surface area (Å²) in [5.74, 6) is 0.0518. The van der Waals surface area contributed by atoms with E-state index >= 15 is 0 Å². The smallest absolute Gasteiger partial charge is 0.330 e. The summed E-state index contributed by atoms with van der Waals surface area (Å²) < 4.78 is 4.52. The number of aliphatic hydroxyl groups is 1. The van der Waals surface area contributed by atoms with Gasteiger partial charge < -0.3 is 9.84 Å². The topological polar surface area (TPSA) is 46.5 Å². The van der Waals surface area contributed by atoms with Crippen molar-refractivity contribution in [2.24, 2.45) is 11.8 Å². The second kappa shape index (κ2) is 6.69. The van der Waals surface area contributed by atoms with Crippen molar-refractivity contribution in [3.63, 3.8) is 0 Å². The van der Waals surface area contributed by atoms with E-state index in [2.05, 4.69) is 4.74 Å². The van der Waals surface area contributed by atoms with Crippen LogP contribution in [0.2, 0.25) is 0 Å². The number of hydrogen-bond acceptors (Lipinski definition) is 3. The molecule has 0 heterocycles. The Balaban J connectivity index is 2.42. The van der Waals surface area contributed by atoms with E-state index in [0.29, 0.717) is 5.92 Å². The van der Waals surface area contributed by atoms with E-state index in [1.807, 2.05) is 6.92 Å². The molecule has 0 unspecified atom stereocenters. The van der Waals surface area contributed by atoms with Gasteiger partial charge in [-0.05, 0) is 18.8 Å². The van der Waals surface area contributed by atoms with Gasteiger partial charge in [-0.1, -0.05) is 32.3 Å². The van der Waals surface area contributed by atoms with Gasteiger partial charge in [-0.2, -0.15) is 0 Å². The summed E-state index contributed by atoms with van der Waals surface area (Å²) in [6.07, 6.45) is 8.75. The molecule has 0 saturated heterocycles. The van der Waals surface area contributed by atoms with Crippen molar-refractivity contribution in [3.8, 4) is 0 Å². The van der Waals surface area contributed by atoms with Crippen molar-refractivity contribution in [3.05, 3.63) is 12.2 Å². The van der Waals surface area contributed by atoms with Crippen LogP contribution in [0.5, 0.6) is 0 Å². The Morgan fingerprint density at radius 3 is 2.56 bits per heavy atom. The van der Waals surface area contributed by atoms with Crippen molar-refractivity contribution in [1.29, 1.82) is 0 Å². The Morgan fingerprint density at radius 2 is 2.00 bits per heavy atom. The molecular formula is C13H22O3. The molecule has 1 N–H and O–H groups in total. The lowest BCUT2D eigenvalue weighted by atomic mass is 9.81. The second-order valence-electron chi connectivity index (χ2n) is 4.63. The second-order valence-corrected chi connectivity index (χ2v) is 4.63. The molecule has 0 aromatic heterocycles. The molecule has 0 amide bonds. The van der Waals surface area contributed by atoms with E-state index in [4.69, 9.17) is 0 Å². The maximum Gasteiger partial charge on any atom is 0.330 e. The number of carbonyl (C=O) groups excluding carboxylic acids is 1. The maximum atomic E-state index is 10.9. The molecule has 16 heavy (non-hydrogen) atoms. The first-order valence-corrected chi connectivity index (χ1v) is 6.09. The van der Waals surface area contributed by atoms with Crippen LogP contribution in [0.1, 0.15) is 39.0 Å². The van der Waals surface area contributed by atoms with E-state index in [9.17, 15) is 9.90 Å². The molecule has 1 aliphatic rings. The van der Waals surface area contributed by atoms with Crippen molar-refractivity contribution in [1.82, 2.24) is 0 Å². The minimum absolute atomic E-state index is 0.0159. The van der Waals surface area contributed by atoms with E-state index in [1.54, 1.807) is 6.08 Å². The Bertz CT molecular complexity index is 242. The number of esters is 1. The van der Waals surface area contributed by atoms with Crippen LogP contribution in [0.3, 0.4) is 0 Å². The van der Waals surface area contributed by atoms with Gasteiger partial charge in [-0.25, -0.2) is 4.79 Å². The van der Waals surface area contributed by atoms with Crippen LogP contribution in [0, 0.1) is 11.8 Å². The quantitative estimate of drug-likeness (QED) is 0.591. The highest BCUT2D eigenvalue weighted by Gasteiger charge is 2.24. The van der Waals surface area contributed by atoms with Gasteiger partial charge in [0.2, 0.25) is 0 Å². The summed E-state index contributed by atoms with van der Waals surface area (Å²) >= 11 is 0. The van der Waals surface area contributed by atoms with E-state index < -0.39 is 0 Å². The molecule has 0 bridgehead atoms. The number of ether oxygens (including phenoxy) is 1. The summed E-state index contributed by atoms with van der Waals surface area (Å²) in [5.41, 5.74) is 0. The molecule has 1 saturated carbocycles. The zero-order valence-corrected chi connectivity index (χ0v) is 10.2. The number of hydrogen-bond donors (Lipinski definition) is 1. The molecule has 0 aromatic rings. The monoisotopic (exact) mass is 226 g/mol. The van der Waals surface area contributed by atoms with Gasteiger partial charge in [0.05, 0.1) is 13.2 Å². The molecule has 0 aromatic carbocycles. The normalized spacial score (nSPS) is 21.9. The van der Waals surface area contributed by atoms with Gasteiger partial charge in [0.1, 0.15) is 0 Å². The van der Waals surface area contributed by atoms with Crippen molar-refractivity contribution in [2.45, 2.75) is 45.1 Å². The Kier molecular flexibility index (Phi) is 5.53. The molecule has 2 atom stereocenters. The number of methoxy groups -OCH3 is 1. The largest absolute Gasteiger partial charge is 0.466 e. The predicted octanol–water partition coefficient (Wildman–Crippen LogP) is 2.29. The van der Waals surface area contributed by atoms with Crippen molar-refractivity contribution < 1.29 is 14.6 Å². The standard InChI is InChI=1S/C13H22O3/c1-10(8-9-12(14)16-2)13(15)11-6-4-3-5-7-11/h8-11,13,15H,3-7H2,1-2H3/b9-8+/t10-,13+/m1/s1. The summed E-state index contributed by atoms with van der Waals surface area (Å²) in [6, 6.07) is 0. The summed E-state index contributed by atoms with van der Waals surface area (Å²) in [6.45, 7) is 1.94. The fraction of sp³-hybridized carbons (Fsp3) is 0.769.